The number of nitrogen functional groups attached to an aromatic ring is 1. The zero-order chi connectivity index (χ0) is 14.9. The van der Waals surface area contributed by atoms with E-state index in [-0.39, 0.29) is 23.7 Å². The Morgan fingerprint density at radius 3 is 2.70 bits per heavy atom. The predicted octanol–water partition coefficient (Wildman–Crippen LogP) is 0.944. The minimum Gasteiger partial charge on any atom is -0.478 e. The highest BCUT2D eigenvalue weighted by Gasteiger charge is 2.21. The van der Waals surface area contributed by atoms with Gasteiger partial charge < -0.3 is 20.6 Å². The van der Waals surface area contributed by atoms with Gasteiger partial charge in [-0.25, -0.2) is 4.79 Å². The van der Waals surface area contributed by atoms with Gasteiger partial charge in [0.1, 0.15) is 0 Å². The van der Waals surface area contributed by atoms with Crippen LogP contribution in [-0.4, -0.2) is 48.6 Å². The molecule has 0 bridgehead atoms. The summed E-state index contributed by atoms with van der Waals surface area (Å²) in [5.74, 6) is -1.01. The van der Waals surface area contributed by atoms with Crippen molar-refractivity contribution in [1.29, 1.82) is 0 Å². The molecular formula is C14H19N3O3. The first-order valence-corrected chi connectivity index (χ1v) is 6.52. The van der Waals surface area contributed by atoms with E-state index < -0.39 is 5.97 Å². The Balaban J connectivity index is 2.37. The van der Waals surface area contributed by atoms with Crippen LogP contribution in [0.5, 0.6) is 0 Å². The molecule has 6 nitrogen and oxygen atoms in total. The first-order chi connectivity index (χ1) is 9.40. The van der Waals surface area contributed by atoms with Crippen molar-refractivity contribution in [3.63, 3.8) is 0 Å². The van der Waals surface area contributed by atoms with Crippen LogP contribution in [0, 0.1) is 6.92 Å². The first kappa shape index (κ1) is 14.2. The number of benzene rings is 1. The highest BCUT2D eigenvalue weighted by molar-refractivity contribution is 5.96. The van der Waals surface area contributed by atoms with Gasteiger partial charge in [0.05, 0.1) is 12.1 Å². The lowest BCUT2D eigenvalue weighted by Crippen LogP contribution is -2.34. The Morgan fingerprint density at radius 1 is 1.35 bits per heavy atom. The summed E-state index contributed by atoms with van der Waals surface area (Å²) in [6, 6.07) is 3.38. The highest BCUT2D eigenvalue weighted by Crippen LogP contribution is 2.26. The van der Waals surface area contributed by atoms with Crippen molar-refractivity contribution >= 4 is 23.3 Å². The molecule has 1 aromatic rings. The maximum absolute atomic E-state index is 11.9. The topological polar surface area (TPSA) is 86.9 Å². The second kappa shape index (κ2) is 5.40. The second-order valence-electron chi connectivity index (χ2n) is 5.12. The number of likely N-dealkylation sites (N-methyl/N-ethyl adjacent to an activating group) is 1. The van der Waals surface area contributed by atoms with Crippen LogP contribution in [0.15, 0.2) is 12.1 Å². The molecule has 0 spiro atoms. The van der Waals surface area contributed by atoms with Crippen molar-refractivity contribution in [2.24, 2.45) is 0 Å². The average Bonchev–Trinajstić information content (AvgIpc) is 2.55. The van der Waals surface area contributed by atoms with Crippen LogP contribution in [0.3, 0.4) is 0 Å². The van der Waals surface area contributed by atoms with Crippen molar-refractivity contribution in [3.05, 3.63) is 23.3 Å². The molecule has 20 heavy (non-hydrogen) atoms. The van der Waals surface area contributed by atoms with E-state index >= 15 is 0 Å². The summed E-state index contributed by atoms with van der Waals surface area (Å²) in [5, 5.41) is 9.19. The lowest BCUT2D eigenvalue weighted by molar-refractivity contribution is -0.127. The zero-order valence-corrected chi connectivity index (χ0v) is 11.7. The summed E-state index contributed by atoms with van der Waals surface area (Å²) in [6.45, 7) is 3.48. The maximum atomic E-state index is 11.9. The Morgan fingerprint density at radius 2 is 2.05 bits per heavy atom. The van der Waals surface area contributed by atoms with Crippen molar-refractivity contribution in [2.75, 3.05) is 37.3 Å². The van der Waals surface area contributed by atoms with Gasteiger partial charge in [0, 0.05) is 31.5 Å². The molecule has 1 saturated heterocycles. The van der Waals surface area contributed by atoms with E-state index in [2.05, 4.69) is 0 Å². The molecule has 1 heterocycles. The molecule has 1 fully saturated rings. The number of carboxylic acid groups (broad SMARTS) is 1. The summed E-state index contributed by atoms with van der Waals surface area (Å²) in [6.07, 6.45) is 0.855. The average molecular weight is 277 g/mol. The summed E-state index contributed by atoms with van der Waals surface area (Å²) in [7, 11) is 1.78. The molecule has 0 radical (unpaired) electrons. The van der Waals surface area contributed by atoms with E-state index in [1.807, 2.05) is 11.0 Å². The van der Waals surface area contributed by atoms with Gasteiger partial charge in [0.2, 0.25) is 5.91 Å². The molecule has 0 unspecified atom stereocenters. The van der Waals surface area contributed by atoms with Crippen LogP contribution in [0.2, 0.25) is 0 Å². The summed E-state index contributed by atoms with van der Waals surface area (Å²) >= 11 is 0. The number of nitrogens with two attached hydrogens (primary N) is 1. The number of rotatable bonds is 2. The first-order valence-electron chi connectivity index (χ1n) is 6.52. The van der Waals surface area contributed by atoms with Gasteiger partial charge in [-0.2, -0.15) is 0 Å². The number of carbonyl (C=O) groups is 2. The van der Waals surface area contributed by atoms with E-state index in [0.29, 0.717) is 5.56 Å². The number of hydrogen-bond donors (Lipinski definition) is 2. The molecule has 108 valence electrons. The zero-order valence-electron chi connectivity index (χ0n) is 11.7. The Labute approximate surface area is 117 Å². The summed E-state index contributed by atoms with van der Waals surface area (Å²) < 4.78 is 0. The number of anilines is 2. The third kappa shape index (κ3) is 2.68. The minimum absolute atomic E-state index is 0.0360. The molecule has 1 aliphatic heterocycles. The third-order valence-electron chi connectivity index (χ3n) is 3.64. The Kier molecular flexibility index (Phi) is 3.83. The van der Waals surface area contributed by atoms with E-state index in [1.165, 1.54) is 0 Å². The van der Waals surface area contributed by atoms with Crippen LogP contribution >= 0.6 is 0 Å². The molecule has 0 atom stereocenters. The number of carbonyl (C=O) groups excluding carboxylic acids is 1. The predicted molar refractivity (Wildman–Crippen MR) is 77.0 cm³/mol. The van der Waals surface area contributed by atoms with Crippen LogP contribution < -0.4 is 10.6 Å². The molecule has 1 aliphatic rings. The molecule has 0 saturated carbocycles. The molecule has 2 rings (SSSR count). The molecule has 3 N–H and O–H groups in total. The van der Waals surface area contributed by atoms with Crippen molar-refractivity contribution in [1.82, 2.24) is 4.90 Å². The van der Waals surface area contributed by atoms with Crippen LogP contribution in [0.1, 0.15) is 22.3 Å². The van der Waals surface area contributed by atoms with Gasteiger partial charge >= 0.3 is 5.97 Å². The van der Waals surface area contributed by atoms with E-state index in [4.69, 9.17) is 5.73 Å². The van der Waals surface area contributed by atoms with Gasteiger partial charge in [-0.1, -0.05) is 0 Å². The fourth-order valence-electron chi connectivity index (χ4n) is 2.35. The number of amides is 1. The molecular weight excluding hydrogens is 258 g/mol. The number of aromatic carboxylic acids is 1. The van der Waals surface area contributed by atoms with E-state index in [1.54, 1.807) is 24.9 Å². The highest BCUT2D eigenvalue weighted by atomic mass is 16.4. The lowest BCUT2D eigenvalue weighted by Gasteiger charge is -2.23. The van der Waals surface area contributed by atoms with Crippen molar-refractivity contribution in [3.8, 4) is 0 Å². The molecule has 0 aliphatic carbocycles. The number of nitrogens with zero attached hydrogens (tertiary/aromatic N) is 2. The minimum atomic E-state index is -1.05. The molecule has 1 amide bonds. The van der Waals surface area contributed by atoms with Crippen LogP contribution in [0.4, 0.5) is 11.4 Å². The van der Waals surface area contributed by atoms with Gasteiger partial charge in [-0.05, 0) is 31.0 Å². The summed E-state index contributed by atoms with van der Waals surface area (Å²) in [5.41, 5.74) is 7.60. The molecule has 6 heteroatoms. The fraction of sp³-hybridized carbons (Fsp3) is 0.429. The number of aryl methyl sites for hydroxylation is 1. The molecule has 1 aromatic carbocycles. The maximum Gasteiger partial charge on any atom is 0.337 e. The van der Waals surface area contributed by atoms with Crippen molar-refractivity contribution in [2.45, 2.75) is 13.3 Å². The van der Waals surface area contributed by atoms with E-state index in [0.717, 1.165) is 25.2 Å². The smallest absolute Gasteiger partial charge is 0.337 e. The lowest BCUT2D eigenvalue weighted by atomic mass is 10.1. The standard InChI is InChI=1S/C14H19N3O3/c1-9-6-10(7-11(13(9)15)14(19)20)17-5-3-4-16(2)12(18)8-17/h6-7H,3-5,8,15H2,1-2H3,(H,19,20). The Bertz CT molecular complexity index is 557. The largest absolute Gasteiger partial charge is 0.478 e. The second-order valence-corrected chi connectivity index (χ2v) is 5.12. The quantitative estimate of drug-likeness (QED) is 0.786. The fourth-order valence-corrected chi connectivity index (χ4v) is 2.35. The van der Waals surface area contributed by atoms with Gasteiger partial charge in [0.15, 0.2) is 0 Å². The van der Waals surface area contributed by atoms with Gasteiger partial charge in [-0.15, -0.1) is 0 Å². The van der Waals surface area contributed by atoms with Gasteiger partial charge in [-0.3, -0.25) is 4.79 Å². The van der Waals surface area contributed by atoms with Crippen LogP contribution in [-0.2, 0) is 4.79 Å². The van der Waals surface area contributed by atoms with Gasteiger partial charge in [0.25, 0.3) is 0 Å². The monoisotopic (exact) mass is 277 g/mol. The normalized spacial score (nSPS) is 16.2. The number of carboxylic acids is 1. The number of hydrogen-bond acceptors (Lipinski definition) is 4. The Hall–Kier alpha value is -2.24. The summed E-state index contributed by atoms with van der Waals surface area (Å²) in [4.78, 5) is 26.7. The molecule has 0 aromatic heterocycles. The van der Waals surface area contributed by atoms with Crippen molar-refractivity contribution < 1.29 is 14.7 Å². The van der Waals surface area contributed by atoms with Crippen LogP contribution in [0.25, 0.3) is 0 Å². The SMILES string of the molecule is Cc1cc(N2CCCN(C)C(=O)C2)cc(C(=O)O)c1N. The third-order valence-corrected chi connectivity index (χ3v) is 3.64. The van der Waals surface area contributed by atoms with E-state index in [9.17, 15) is 14.7 Å².